The van der Waals surface area contributed by atoms with E-state index in [9.17, 15) is 9.90 Å². The van der Waals surface area contributed by atoms with Crippen LogP contribution in [0, 0.1) is 0 Å². The Morgan fingerprint density at radius 3 is 2.78 bits per heavy atom. The van der Waals surface area contributed by atoms with Gasteiger partial charge in [-0.3, -0.25) is 4.79 Å². The molecule has 18 heavy (non-hydrogen) atoms. The van der Waals surface area contributed by atoms with Gasteiger partial charge >= 0.3 is 0 Å². The van der Waals surface area contributed by atoms with Crippen LogP contribution in [-0.4, -0.2) is 30.8 Å². The molecular weight excluding hydrogens is 234 g/mol. The lowest BCUT2D eigenvalue weighted by molar-refractivity contribution is -0.125. The van der Waals surface area contributed by atoms with Crippen molar-refractivity contribution < 1.29 is 19.4 Å². The van der Waals surface area contributed by atoms with Crippen LogP contribution in [0.2, 0.25) is 0 Å². The average Bonchev–Trinajstić information content (AvgIpc) is 2.39. The summed E-state index contributed by atoms with van der Waals surface area (Å²) in [6, 6.07) is 3.47. The number of fused-ring (bicyclic) bond motifs is 1. The topological polar surface area (TPSA) is 59.0 Å². The molecule has 1 atom stereocenters. The van der Waals surface area contributed by atoms with Crippen molar-refractivity contribution in [1.82, 2.24) is 0 Å². The molecular formula is C13H17NO4. The van der Waals surface area contributed by atoms with E-state index in [2.05, 4.69) is 0 Å². The van der Waals surface area contributed by atoms with Gasteiger partial charge in [-0.25, -0.2) is 0 Å². The minimum absolute atomic E-state index is 0.0813. The first-order chi connectivity index (χ1) is 8.62. The molecule has 1 aromatic carbocycles. The van der Waals surface area contributed by atoms with Crippen molar-refractivity contribution in [3.8, 4) is 11.5 Å². The molecule has 0 aromatic heterocycles. The zero-order chi connectivity index (χ0) is 13.3. The number of hydrogen-bond donors (Lipinski definition) is 1. The lowest BCUT2D eigenvalue weighted by Gasteiger charge is -2.33. The van der Waals surface area contributed by atoms with Gasteiger partial charge in [-0.05, 0) is 31.5 Å². The van der Waals surface area contributed by atoms with Gasteiger partial charge in [0, 0.05) is 6.54 Å². The normalized spacial score (nSPS) is 18.3. The first kappa shape index (κ1) is 12.7. The molecule has 5 heteroatoms. The molecule has 1 unspecified atom stereocenters. The van der Waals surface area contributed by atoms with E-state index in [4.69, 9.17) is 9.47 Å². The molecule has 1 heterocycles. The summed E-state index contributed by atoms with van der Waals surface area (Å²) < 4.78 is 10.9. The van der Waals surface area contributed by atoms with Crippen LogP contribution >= 0.6 is 0 Å². The van der Waals surface area contributed by atoms with E-state index in [1.54, 1.807) is 24.0 Å². The smallest absolute Gasteiger partial charge is 0.267 e. The summed E-state index contributed by atoms with van der Waals surface area (Å²) in [4.78, 5) is 13.7. The van der Waals surface area contributed by atoms with Gasteiger partial charge in [0.1, 0.15) is 0 Å². The van der Waals surface area contributed by atoms with Crippen LogP contribution in [-0.2, 0) is 11.4 Å². The van der Waals surface area contributed by atoms with Gasteiger partial charge in [0.05, 0.1) is 19.4 Å². The minimum atomic E-state index is -0.522. The standard InChI is InChI=1S/C13H17NO4/c1-4-14-10-5-9(7-15)6-11(17-3)12(10)18-8(2)13(14)16/h5-6,8,15H,4,7H2,1-3H3. The number of methoxy groups -OCH3 is 1. The van der Waals surface area contributed by atoms with Crippen molar-refractivity contribution in [2.75, 3.05) is 18.6 Å². The average molecular weight is 251 g/mol. The number of nitrogens with zero attached hydrogens (tertiary/aromatic N) is 1. The van der Waals surface area contributed by atoms with Gasteiger partial charge in [0.15, 0.2) is 17.6 Å². The molecule has 0 spiro atoms. The first-order valence-corrected chi connectivity index (χ1v) is 5.92. The third kappa shape index (κ3) is 1.90. The van der Waals surface area contributed by atoms with Crippen LogP contribution in [0.1, 0.15) is 19.4 Å². The van der Waals surface area contributed by atoms with E-state index in [-0.39, 0.29) is 12.5 Å². The predicted octanol–water partition coefficient (Wildman–Crippen LogP) is 1.32. The Labute approximate surface area is 106 Å². The number of amides is 1. The number of rotatable bonds is 3. The monoisotopic (exact) mass is 251 g/mol. The van der Waals surface area contributed by atoms with E-state index >= 15 is 0 Å². The van der Waals surface area contributed by atoms with Crippen molar-refractivity contribution >= 4 is 11.6 Å². The van der Waals surface area contributed by atoms with Gasteiger partial charge in [0.2, 0.25) is 0 Å². The number of carbonyl (C=O) groups is 1. The molecule has 2 rings (SSSR count). The van der Waals surface area contributed by atoms with E-state index in [1.165, 1.54) is 7.11 Å². The van der Waals surface area contributed by atoms with Crippen LogP contribution in [0.5, 0.6) is 11.5 Å². The molecule has 0 fully saturated rings. The van der Waals surface area contributed by atoms with E-state index in [1.807, 2.05) is 6.92 Å². The summed E-state index contributed by atoms with van der Waals surface area (Å²) in [5, 5.41) is 9.24. The third-order valence-corrected chi connectivity index (χ3v) is 3.01. The summed E-state index contributed by atoms with van der Waals surface area (Å²) >= 11 is 0. The fourth-order valence-corrected chi connectivity index (χ4v) is 2.10. The van der Waals surface area contributed by atoms with Crippen LogP contribution in [0.25, 0.3) is 0 Å². The Morgan fingerprint density at radius 2 is 2.22 bits per heavy atom. The molecule has 1 aromatic rings. The van der Waals surface area contributed by atoms with E-state index in [0.717, 1.165) is 0 Å². The Kier molecular flexibility index (Phi) is 3.43. The Hall–Kier alpha value is -1.75. The summed E-state index contributed by atoms with van der Waals surface area (Å²) in [5.41, 5.74) is 1.35. The molecule has 0 saturated heterocycles. The van der Waals surface area contributed by atoms with Crippen LogP contribution < -0.4 is 14.4 Å². The summed E-state index contributed by atoms with van der Waals surface area (Å²) in [6.07, 6.45) is -0.522. The largest absolute Gasteiger partial charge is 0.493 e. The number of ether oxygens (including phenoxy) is 2. The molecule has 1 N–H and O–H groups in total. The van der Waals surface area contributed by atoms with Crippen molar-refractivity contribution in [2.24, 2.45) is 0 Å². The fourth-order valence-electron chi connectivity index (χ4n) is 2.10. The van der Waals surface area contributed by atoms with Crippen molar-refractivity contribution in [3.05, 3.63) is 17.7 Å². The zero-order valence-electron chi connectivity index (χ0n) is 10.8. The fraction of sp³-hybridized carbons (Fsp3) is 0.462. The van der Waals surface area contributed by atoms with Gasteiger partial charge in [-0.15, -0.1) is 0 Å². The first-order valence-electron chi connectivity index (χ1n) is 5.92. The quantitative estimate of drug-likeness (QED) is 0.880. The lowest BCUT2D eigenvalue weighted by Crippen LogP contribution is -2.44. The van der Waals surface area contributed by atoms with Gasteiger partial charge in [-0.1, -0.05) is 0 Å². The number of aliphatic hydroxyl groups excluding tert-OH is 1. The number of carbonyl (C=O) groups excluding carboxylic acids is 1. The molecule has 98 valence electrons. The SMILES string of the molecule is CCN1C(=O)C(C)Oc2c(OC)cc(CO)cc21. The number of anilines is 1. The third-order valence-electron chi connectivity index (χ3n) is 3.01. The van der Waals surface area contributed by atoms with Gasteiger partial charge in [0.25, 0.3) is 5.91 Å². The second-order valence-corrected chi connectivity index (χ2v) is 4.15. The number of aliphatic hydroxyl groups is 1. The molecule has 0 bridgehead atoms. The highest BCUT2D eigenvalue weighted by Crippen LogP contribution is 2.42. The van der Waals surface area contributed by atoms with Crippen molar-refractivity contribution in [3.63, 3.8) is 0 Å². The van der Waals surface area contributed by atoms with Crippen LogP contribution in [0.15, 0.2) is 12.1 Å². The predicted molar refractivity (Wildman–Crippen MR) is 67.0 cm³/mol. The molecule has 0 radical (unpaired) electrons. The highest BCUT2D eigenvalue weighted by atomic mass is 16.5. The van der Waals surface area contributed by atoms with Crippen molar-refractivity contribution in [1.29, 1.82) is 0 Å². The van der Waals surface area contributed by atoms with Crippen LogP contribution in [0.4, 0.5) is 5.69 Å². The molecule has 5 nitrogen and oxygen atoms in total. The maximum Gasteiger partial charge on any atom is 0.267 e. The minimum Gasteiger partial charge on any atom is -0.493 e. The molecule has 0 aliphatic carbocycles. The number of hydrogen-bond acceptors (Lipinski definition) is 4. The molecule has 1 aliphatic heterocycles. The molecule has 1 aliphatic rings. The Bertz CT molecular complexity index is 472. The lowest BCUT2D eigenvalue weighted by atomic mass is 10.1. The van der Waals surface area contributed by atoms with Gasteiger partial charge in [-0.2, -0.15) is 0 Å². The highest BCUT2D eigenvalue weighted by molar-refractivity contribution is 6.00. The second kappa shape index (κ2) is 4.86. The molecule has 1 amide bonds. The van der Waals surface area contributed by atoms with E-state index in [0.29, 0.717) is 29.3 Å². The summed E-state index contributed by atoms with van der Waals surface area (Å²) in [5.74, 6) is 1.01. The summed E-state index contributed by atoms with van der Waals surface area (Å²) in [7, 11) is 1.54. The maximum absolute atomic E-state index is 12.0. The number of likely N-dealkylation sites (N-methyl/N-ethyl adjacent to an activating group) is 1. The molecule has 0 saturated carbocycles. The number of benzene rings is 1. The maximum atomic E-state index is 12.0. The Balaban J connectivity index is 2.59. The highest BCUT2D eigenvalue weighted by Gasteiger charge is 2.32. The van der Waals surface area contributed by atoms with Crippen LogP contribution in [0.3, 0.4) is 0 Å². The van der Waals surface area contributed by atoms with E-state index < -0.39 is 6.10 Å². The Morgan fingerprint density at radius 1 is 1.50 bits per heavy atom. The van der Waals surface area contributed by atoms with Gasteiger partial charge < -0.3 is 19.5 Å². The second-order valence-electron chi connectivity index (χ2n) is 4.15. The summed E-state index contributed by atoms with van der Waals surface area (Å²) in [6.45, 7) is 4.06. The zero-order valence-corrected chi connectivity index (χ0v) is 10.8. The van der Waals surface area contributed by atoms with Crippen molar-refractivity contribution in [2.45, 2.75) is 26.6 Å².